The van der Waals surface area contributed by atoms with E-state index in [0.717, 1.165) is 0 Å². The third-order valence-electron chi connectivity index (χ3n) is 2.85. The van der Waals surface area contributed by atoms with Gasteiger partial charge in [-0.05, 0) is 25.5 Å². The normalized spacial score (nSPS) is 17.6. The Balaban J connectivity index is 0.000000956. The van der Waals surface area contributed by atoms with Gasteiger partial charge in [0.25, 0.3) is 0 Å². The Morgan fingerprint density at radius 1 is 1.30 bits per heavy atom. The van der Waals surface area contributed by atoms with Gasteiger partial charge in [-0.1, -0.05) is 26.0 Å². The molecule has 1 aliphatic rings. The molecule has 108 valence electrons. The average Bonchev–Trinajstić information content (AvgIpc) is 2.44. The molecule has 0 bridgehead atoms. The van der Waals surface area contributed by atoms with Crippen LogP contribution in [0, 0.1) is 0 Å². The Labute approximate surface area is 118 Å². The summed E-state index contributed by atoms with van der Waals surface area (Å²) in [5.74, 6) is -0.586. The highest BCUT2D eigenvalue weighted by atomic mass is 16.2. The van der Waals surface area contributed by atoms with Gasteiger partial charge in [-0.2, -0.15) is 0 Å². The van der Waals surface area contributed by atoms with Crippen LogP contribution in [0.5, 0.6) is 0 Å². The Morgan fingerprint density at radius 2 is 2.00 bits per heavy atom. The number of anilines is 1. The fraction of sp³-hybridized carbons (Fsp3) is 0.400. The van der Waals surface area contributed by atoms with E-state index in [1.165, 1.54) is 6.92 Å². The van der Waals surface area contributed by atoms with Gasteiger partial charge in [-0.25, -0.2) is 0 Å². The van der Waals surface area contributed by atoms with E-state index >= 15 is 0 Å². The first kappa shape index (κ1) is 15.9. The van der Waals surface area contributed by atoms with Crippen molar-refractivity contribution in [3.05, 3.63) is 29.8 Å². The molecule has 1 atom stereocenters. The average molecular weight is 276 g/mol. The summed E-state index contributed by atoms with van der Waals surface area (Å²) in [6.45, 7) is 5.49. The smallest absolute Gasteiger partial charge is 0.249 e. The lowest BCUT2D eigenvalue weighted by Crippen LogP contribution is -2.47. The maximum atomic E-state index is 11.6. The summed E-state index contributed by atoms with van der Waals surface area (Å²) in [7, 11) is 0. The van der Waals surface area contributed by atoms with Gasteiger partial charge in [-0.3, -0.25) is 19.7 Å². The summed E-state index contributed by atoms with van der Waals surface area (Å²) in [5.41, 5.74) is 1.30. The van der Waals surface area contributed by atoms with Crippen molar-refractivity contribution in [2.45, 2.75) is 39.7 Å². The molecule has 0 aliphatic carbocycles. The fourth-order valence-corrected chi connectivity index (χ4v) is 1.86. The van der Waals surface area contributed by atoms with Crippen LogP contribution in [0.15, 0.2) is 24.3 Å². The van der Waals surface area contributed by atoms with E-state index in [1.807, 2.05) is 13.8 Å². The number of benzene rings is 1. The predicted molar refractivity (Wildman–Crippen MR) is 77.6 cm³/mol. The molecule has 0 aromatic heterocycles. The van der Waals surface area contributed by atoms with E-state index in [9.17, 15) is 14.4 Å². The third kappa shape index (κ3) is 4.19. The van der Waals surface area contributed by atoms with Crippen LogP contribution >= 0.6 is 0 Å². The maximum absolute atomic E-state index is 11.6. The standard InChI is InChI=1S/C13H14N2O3.C2H6/c1-8(16)9-3-2-4-10(7-9)14-11-5-6-12(17)15-13(11)18;1-2/h2-4,7,11,14H,5-6H2,1H3,(H,15,17,18);1-2H3. The van der Waals surface area contributed by atoms with E-state index in [-0.39, 0.29) is 17.6 Å². The lowest BCUT2D eigenvalue weighted by molar-refractivity contribution is -0.133. The zero-order valence-corrected chi connectivity index (χ0v) is 12.0. The lowest BCUT2D eigenvalue weighted by Gasteiger charge is -2.22. The molecule has 20 heavy (non-hydrogen) atoms. The summed E-state index contributed by atoms with van der Waals surface area (Å²) < 4.78 is 0. The number of ketones is 1. The van der Waals surface area contributed by atoms with Crippen LogP contribution in [-0.4, -0.2) is 23.6 Å². The second kappa shape index (κ2) is 7.43. The molecular formula is C15H20N2O3. The number of imide groups is 1. The van der Waals surface area contributed by atoms with Crippen molar-refractivity contribution >= 4 is 23.3 Å². The van der Waals surface area contributed by atoms with Gasteiger partial charge in [0.15, 0.2) is 5.78 Å². The Hall–Kier alpha value is -2.17. The topological polar surface area (TPSA) is 75.3 Å². The van der Waals surface area contributed by atoms with Crippen LogP contribution < -0.4 is 10.6 Å². The van der Waals surface area contributed by atoms with E-state index < -0.39 is 6.04 Å². The summed E-state index contributed by atoms with van der Waals surface area (Å²) >= 11 is 0. The third-order valence-corrected chi connectivity index (χ3v) is 2.85. The number of hydrogen-bond donors (Lipinski definition) is 2. The summed E-state index contributed by atoms with van der Waals surface area (Å²) in [5, 5.41) is 5.31. The summed E-state index contributed by atoms with van der Waals surface area (Å²) in [6.07, 6.45) is 0.796. The van der Waals surface area contributed by atoms with Crippen molar-refractivity contribution in [2.75, 3.05) is 5.32 Å². The molecule has 2 N–H and O–H groups in total. The van der Waals surface area contributed by atoms with Crippen molar-refractivity contribution < 1.29 is 14.4 Å². The number of amides is 2. The van der Waals surface area contributed by atoms with Crippen LogP contribution in [0.1, 0.15) is 44.0 Å². The Morgan fingerprint density at radius 3 is 2.60 bits per heavy atom. The summed E-state index contributed by atoms with van der Waals surface area (Å²) in [4.78, 5) is 33.8. The van der Waals surface area contributed by atoms with Gasteiger partial charge >= 0.3 is 0 Å². The van der Waals surface area contributed by atoms with E-state index in [2.05, 4.69) is 10.6 Å². The molecule has 1 unspecified atom stereocenters. The van der Waals surface area contributed by atoms with Crippen molar-refractivity contribution in [1.29, 1.82) is 0 Å². The lowest BCUT2D eigenvalue weighted by atomic mass is 10.1. The molecule has 0 radical (unpaired) electrons. The number of piperidine rings is 1. The minimum absolute atomic E-state index is 0.0260. The second-order valence-corrected chi connectivity index (χ2v) is 4.29. The molecule has 2 amide bonds. The number of carbonyl (C=O) groups is 3. The number of nitrogens with one attached hydrogen (secondary N) is 2. The van der Waals surface area contributed by atoms with Crippen molar-refractivity contribution in [2.24, 2.45) is 0 Å². The molecule has 1 fully saturated rings. The molecule has 1 aliphatic heterocycles. The van der Waals surface area contributed by atoms with Gasteiger partial charge in [0.1, 0.15) is 6.04 Å². The van der Waals surface area contributed by atoms with Gasteiger partial charge in [0.2, 0.25) is 11.8 Å². The highest BCUT2D eigenvalue weighted by Gasteiger charge is 2.26. The maximum Gasteiger partial charge on any atom is 0.249 e. The molecule has 2 rings (SSSR count). The van der Waals surface area contributed by atoms with Crippen LogP contribution in [0.25, 0.3) is 0 Å². The van der Waals surface area contributed by atoms with Crippen LogP contribution in [0.4, 0.5) is 5.69 Å². The summed E-state index contributed by atoms with van der Waals surface area (Å²) in [6, 6.07) is 6.54. The highest BCUT2D eigenvalue weighted by Crippen LogP contribution is 2.15. The number of hydrogen-bond acceptors (Lipinski definition) is 4. The molecule has 5 heteroatoms. The molecule has 0 saturated carbocycles. The van der Waals surface area contributed by atoms with Crippen LogP contribution in [0.3, 0.4) is 0 Å². The van der Waals surface area contributed by atoms with E-state index in [0.29, 0.717) is 24.1 Å². The Kier molecular flexibility index (Phi) is 5.90. The first-order chi connectivity index (χ1) is 9.56. The number of Topliss-reactive ketones (excluding diaryl/α,β-unsaturated/α-hetero) is 1. The first-order valence-electron chi connectivity index (χ1n) is 6.77. The molecule has 0 spiro atoms. The molecule has 1 aromatic carbocycles. The zero-order valence-electron chi connectivity index (χ0n) is 12.0. The van der Waals surface area contributed by atoms with Crippen molar-refractivity contribution in [3.8, 4) is 0 Å². The molecular weight excluding hydrogens is 256 g/mol. The molecule has 1 aromatic rings. The highest BCUT2D eigenvalue weighted by molar-refractivity contribution is 6.01. The monoisotopic (exact) mass is 276 g/mol. The number of carbonyl (C=O) groups excluding carboxylic acids is 3. The zero-order chi connectivity index (χ0) is 15.1. The van der Waals surface area contributed by atoms with Gasteiger partial charge < -0.3 is 5.32 Å². The van der Waals surface area contributed by atoms with Crippen LogP contribution in [-0.2, 0) is 9.59 Å². The Bertz CT molecular complexity index is 512. The van der Waals surface area contributed by atoms with Gasteiger partial charge in [0, 0.05) is 17.7 Å². The minimum atomic E-state index is -0.426. The van der Waals surface area contributed by atoms with Crippen LogP contribution in [0.2, 0.25) is 0 Å². The predicted octanol–water partition coefficient (Wildman–Crippen LogP) is 2.13. The minimum Gasteiger partial charge on any atom is -0.374 e. The molecule has 1 heterocycles. The van der Waals surface area contributed by atoms with E-state index in [1.54, 1.807) is 24.3 Å². The molecule has 1 saturated heterocycles. The van der Waals surface area contributed by atoms with Gasteiger partial charge in [0.05, 0.1) is 0 Å². The SMILES string of the molecule is CC.CC(=O)c1cccc(NC2CCC(=O)NC2=O)c1. The largest absolute Gasteiger partial charge is 0.374 e. The van der Waals surface area contributed by atoms with Gasteiger partial charge in [-0.15, -0.1) is 0 Å². The first-order valence-corrected chi connectivity index (χ1v) is 6.77. The number of rotatable bonds is 3. The van der Waals surface area contributed by atoms with E-state index in [4.69, 9.17) is 0 Å². The fourth-order valence-electron chi connectivity index (χ4n) is 1.86. The van der Waals surface area contributed by atoms with Crippen molar-refractivity contribution in [3.63, 3.8) is 0 Å². The van der Waals surface area contributed by atoms with Crippen molar-refractivity contribution in [1.82, 2.24) is 5.32 Å². The second-order valence-electron chi connectivity index (χ2n) is 4.29. The quantitative estimate of drug-likeness (QED) is 0.655. The molecule has 5 nitrogen and oxygen atoms in total.